The maximum Gasteiger partial charge on any atom is 0.167 e. The van der Waals surface area contributed by atoms with Crippen molar-refractivity contribution < 1.29 is 5.11 Å². The fourth-order valence-electron chi connectivity index (χ4n) is 1.94. The van der Waals surface area contributed by atoms with E-state index in [1.807, 2.05) is 13.8 Å². The molecule has 0 aromatic carbocycles. The summed E-state index contributed by atoms with van der Waals surface area (Å²) in [5, 5.41) is 17.3. The Bertz CT molecular complexity index is 205. The van der Waals surface area contributed by atoms with Gasteiger partial charge in [0.2, 0.25) is 0 Å². The minimum Gasteiger partial charge on any atom is -0.370 e. The molecule has 1 N–H and O–H groups in total. The second kappa shape index (κ2) is 14.0. The number of aliphatic hydroxyl groups excluding tert-OH is 1. The quantitative estimate of drug-likeness (QED) is 0.356. The van der Waals surface area contributed by atoms with Crippen LogP contribution in [0.4, 0.5) is 0 Å². The first kappa shape index (κ1) is 18.6. The van der Waals surface area contributed by atoms with Crippen LogP contribution in [-0.4, -0.2) is 17.9 Å². The highest BCUT2D eigenvalue weighted by molar-refractivity contribution is 4.54. The highest BCUT2D eigenvalue weighted by Gasteiger charge is 2.05. The first-order chi connectivity index (χ1) is 9.18. The molecule has 1 unspecified atom stereocenters. The summed E-state index contributed by atoms with van der Waals surface area (Å²) in [7, 11) is 0. The molecule has 0 rings (SSSR count). The van der Waals surface area contributed by atoms with E-state index in [1.165, 1.54) is 57.8 Å². The van der Waals surface area contributed by atoms with Crippen molar-refractivity contribution in [2.45, 2.75) is 91.2 Å². The molecular weight excluding hydrogens is 236 g/mol. The lowest BCUT2D eigenvalue weighted by atomic mass is 10.1. The third-order valence-electron chi connectivity index (χ3n) is 3.41. The summed E-state index contributed by atoms with van der Waals surface area (Å²) in [5.41, 5.74) is 0. The Morgan fingerprint density at radius 1 is 0.789 bits per heavy atom. The Kier molecular flexibility index (Phi) is 13.7. The number of aliphatic hydroxyl groups is 1. The fraction of sp³-hybridized carbons (Fsp3) is 1.00. The van der Waals surface area contributed by atoms with Crippen molar-refractivity contribution in [1.82, 2.24) is 0 Å². The zero-order chi connectivity index (χ0) is 14.3. The maximum atomic E-state index is 9.43. The molecule has 0 fully saturated rings. The van der Waals surface area contributed by atoms with Crippen LogP contribution in [0, 0.1) is 5.92 Å². The van der Waals surface area contributed by atoms with Crippen LogP contribution < -0.4 is 0 Å². The van der Waals surface area contributed by atoms with Crippen LogP contribution in [0.3, 0.4) is 0 Å². The Balaban J connectivity index is 3.15. The van der Waals surface area contributed by atoms with E-state index in [-0.39, 0.29) is 5.92 Å². The smallest absolute Gasteiger partial charge is 0.167 e. The normalized spacial score (nSPS) is 13.5. The third kappa shape index (κ3) is 13.8. The van der Waals surface area contributed by atoms with Gasteiger partial charge in [-0.3, -0.25) is 0 Å². The van der Waals surface area contributed by atoms with Crippen LogP contribution in [0.5, 0.6) is 0 Å². The second-order valence-corrected chi connectivity index (χ2v) is 5.82. The first-order valence-corrected chi connectivity index (χ1v) is 8.23. The van der Waals surface area contributed by atoms with Crippen LogP contribution in [0.1, 0.15) is 85.0 Å². The van der Waals surface area contributed by atoms with Crippen molar-refractivity contribution in [3.05, 3.63) is 0 Å². The van der Waals surface area contributed by atoms with Gasteiger partial charge in [-0.15, -0.1) is 0 Å². The van der Waals surface area contributed by atoms with Gasteiger partial charge in [-0.05, 0) is 6.42 Å². The molecule has 0 bridgehead atoms. The lowest BCUT2D eigenvalue weighted by Crippen LogP contribution is -2.10. The first-order valence-electron chi connectivity index (χ1n) is 8.23. The molecule has 114 valence electrons. The van der Waals surface area contributed by atoms with Gasteiger partial charge in [0.15, 0.2) is 6.23 Å². The molecule has 0 heterocycles. The number of unbranched alkanes of at least 4 members (excludes halogenated alkanes) is 9. The zero-order valence-electron chi connectivity index (χ0n) is 13.3. The second-order valence-electron chi connectivity index (χ2n) is 5.82. The van der Waals surface area contributed by atoms with E-state index in [1.54, 1.807) is 0 Å². The molecular formula is C16H34N2O. The molecule has 0 aromatic heterocycles. The Labute approximate surface area is 119 Å². The lowest BCUT2D eigenvalue weighted by Gasteiger charge is -2.06. The van der Waals surface area contributed by atoms with E-state index in [0.29, 0.717) is 0 Å². The molecule has 0 radical (unpaired) electrons. The summed E-state index contributed by atoms with van der Waals surface area (Å²) in [6.45, 7) is 6.92. The van der Waals surface area contributed by atoms with Gasteiger partial charge in [-0.1, -0.05) is 78.6 Å². The molecule has 3 nitrogen and oxygen atoms in total. The number of nitrogens with zero attached hydrogens (tertiary/aromatic N) is 2. The zero-order valence-corrected chi connectivity index (χ0v) is 13.3. The van der Waals surface area contributed by atoms with Crippen LogP contribution in [0.25, 0.3) is 0 Å². The molecule has 19 heavy (non-hydrogen) atoms. The van der Waals surface area contributed by atoms with E-state index in [4.69, 9.17) is 0 Å². The molecule has 3 heteroatoms. The molecule has 0 aliphatic carbocycles. The summed E-state index contributed by atoms with van der Waals surface area (Å²) in [6.07, 6.45) is 12.7. The Morgan fingerprint density at radius 2 is 1.26 bits per heavy atom. The van der Waals surface area contributed by atoms with Crippen molar-refractivity contribution in [2.24, 2.45) is 16.1 Å². The predicted octanol–water partition coefficient (Wildman–Crippen LogP) is 5.33. The number of hydrogen-bond acceptors (Lipinski definition) is 3. The van der Waals surface area contributed by atoms with E-state index in [9.17, 15) is 5.11 Å². The van der Waals surface area contributed by atoms with Gasteiger partial charge in [0.05, 0.1) is 6.54 Å². The molecule has 0 saturated carbocycles. The van der Waals surface area contributed by atoms with Crippen molar-refractivity contribution in [3.8, 4) is 0 Å². The third-order valence-corrected chi connectivity index (χ3v) is 3.41. The van der Waals surface area contributed by atoms with Gasteiger partial charge < -0.3 is 5.11 Å². The topological polar surface area (TPSA) is 45.0 Å². The standard InChI is InChI=1S/C16H34N2O/c1-4-5-6-7-8-9-10-11-12-13-14-17-18-16(19)15(2)3/h15-16,19H,4-14H2,1-3H3. The maximum absolute atomic E-state index is 9.43. The van der Waals surface area contributed by atoms with Crippen LogP contribution in [-0.2, 0) is 0 Å². The summed E-state index contributed by atoms with van der Waals surface area (Å²) in [4.78, 5) is 0. The van der Waals surface area contributed by atoms with E-state index >= 15 is 0 Å². The Hall–Kier alpha value is -0.440. The van der Waals surface area contributed by atoms with Crippen molar-refractivity contribution in [2.75, 3.05) is 6.54 Å². The van der Waals surface area contributed by atoms with Crippen molar-refractivity contribution in [3.63, 3.8) is 0 Å². The number of hydrogen-bond donors (Lipinski definition) is 1. The highest BCUT2D eigenvalue weighted by atomic mass is 16.3. The van der Waals surface area contributed by atoms with Crippen LogP contribution in [0.2, 0.25) is 0 Å². The van der Waals surface area contributed by atoms with Gasteiger partial charge in [-0.25, -0.2) is 0 Å². The highest BCUT2D eigenvalue weighted by Crippen LogP contribution is 2.10. The number of azo groups is 1. The molecule has 0 aliphatic rings. The molecule has 0 aliphatic heterocycles. The number of rotatable bonds is 13. The molecule has 1 atom stereocenters. The molecule has 0 amide bonds. The van der Waals surface area contributed by atoms with Crippen molar-refractivity contribution in [1.29, 1.82) is 0 Å². The summed E-state index contributed by atoms with van der Waals surface area (Å²) in [6, 6.07) is 0. The van der Waals surface area contributed by atoms with E-state index in [2.05, 4.69) is 17.2 Å². The minimum absolute atomic E-state index is 0.163. The van der Waals surface area contributed by atoms with E-state index < -0.39 is 6.23 Å². The largest absolute Gasteiger partial charge is 0.370 e. The minimum atomic E-state index is -0.622. The van der Waals surface area contributed by atoms with E-state index in [0.717, 1.165) is 13.0 Å². The molecule has 0 aromatic rings. The summed E-state index contributed by atoms with van der Waals surface area (Å²) < 4.78 is 0. The van der Waals surface area contributed by atoms with Crippen LogP contribution in [0.15, 0.2) is 10.2 Å². The molecule has 0 saturated heterocycles. The van der Waals surface area contributed by atoms with Gasteiger partial charge >= 0.3 is 0 Å². The average molecular weight is 270 g/mol. The van der Waals surface area contributed by atoms with Crippen LogP contribution >= 0.6 is 0 Å². The summed E-state index contributed by atoms with van der Waals surface area (Å²) >= 11 is 0. The average Bonchev–Trinajstić information content (AvgIpc) is 2.39. The van der Waals surface area contributed by atoms with Gasteiger partial charge in [0, 0.05) is 5.92 Å². The van der Waals surface area contributed by atoms with Crippen molar-refractivity contribution >= 4 is 0 Å². The van der Waals surface area contributed by atoms with Gasteiger partial charge in [0.25, 0.3) is 0 Å². The fourth-order valence-corrected chi connectivity index (χ4v) is 1.94. The monoisotopic (exact) mass is 270 g/mol. The van der Waals surface area contributed by atoms with Gasteiger partial charge in [0.1, 0.15) is 0 Å². The SMILES string of the molecule is CCCCCCCCCCCCN=NC(O)C(C)C. The molecule has 0 spiro atoms. The Morgan fingerprint density at radius 3 is 1.74 bits per heavy atom. The van der Waals surface area contributed by atoms with Gasteiger partial charge in [-0.2, -0.15) is 10.2 Å². The summed E-state index contributed by atoms with van der Waals surface area (Å²) in [5.74, 6) is 0.163. The lowest BCUT2D eigenvalue weighted by molar-refractivity contribution is 0.126. The predicted molar refractivity (Wildman–Crippen MR) is 82.4 cm³/mol.